The summed E-state index contributed by atoms with van der Waals surface area (Å²) in [6, 6.07) is 12.0. The number of benzene rings is 2. The Morgan fingerprint density at radius 2 is 2.10 bits per heavy atom. The van der Waals surface area contributed by atoms with Crippen molar-refractivity contribution in [2.45, 2.75) is 12.5 Å². The lowest BCUT2D eigenvalue weighted by molar-refractivity contribution is 0.235. The lowest BCUT2D eigenvalue weighted by Gasteiger charge is -2.13. The molecular weight excluding hydrogens is 259 g/mol. The van der Waals surface area contributed by atoms with Crippen LogP contribution in [0.15, 0.2) is 42.5 Å². The number of ether oxygens (including phenoxy) is 2. The lowest BCUT2D eigenvalue weighted by Crippen LogP contribution is -2.12. The van der Waals surface area contributed by atoms with Crippen LogP contribution in [-0.4, -0.2) is 18.3 Å². The summed E-state index contributed by atoms with van der Waals surface area (Å²) < 4.78 is 24.4. The fourth-order valence-electron chi connectivity index (χ4n) is 2.37. The van der Waals surface area contributed by atoms with Crippen molar-refractivity contribution in [3.63, 3.8) is 0 Å². The Balaban J connectivity index is 1.72. The standard InChI is InChI=1S/C16H15FO3/c17-13-5-6-15(11(7-13)8-18)19-9-12-10-20-16-4-2-1-3-14(12)16/h1-7,12,18H,8-10H2. The van der Waals surface area contributed by atoms with Crippen LogP contribution in [0.1, 0.15) is 17.0 Å². The molecule has 2 aromatic carbocycles. The van der Waals surface area contributed by atoms with Gasteiger partial charge in [-0.05, 0) is 24.3 Å². The average Bonchev–Trinajstić information content (AvgIpc) is 2.89. The molecule has 0 bridgehead atoms. The highest BCUT2D eigenvalue weighted by Gasteiger charge is 2.24. The number of aliphatic hydroxyl groups excluding tert-OH is 1. The minimum atomic E-state index is -0.379. The number of aliphatic hydroxyl groups is 1. The zero-order chi connectivity index (χ0) is 13.9. The van der Waals surface area contributed by atoms with Gasteiger partial charge in [0.25, 0.3) is 0 Å². The van der Waals surface area contributed by atoms with Gasteiger partial charge in [0.05, 0.1) is 25.7 Å². The van der Waals surface area contributed by atoms with E-state index in [1.165, 1.54) is 12.1 Å². The Labute approximate surface area is 116 Å². The molecule has 1 aliphatic heterocycles. The second-order valence-electron chi connectivity index (χ2n) is 4.77. The summed E-state index contributed by atoms with van der Waals surface area (Å²) in [7, 11) is 0. The van der Waals surface area contributed by atoms with E-state index in [0.29, 0.717) is 24.5 Å². The molecule has 1 atom stereocenters. The van der Waals surface area contributed by atoms with Crippen molar-refractivity contribution in [2.24, 2.45) is 0 Å². The number of fused-ring (bicyclic) bond motifs is 1. The Morgan fingerprint density at radius 1 is 1.25 bits per heavy atom. The van der Waals surface area contributed by atoms with Crippen molar-refractivity contribution >= 4 is 0 Å². The molecule has 1 heterocycles. The first-order valence-electron chi connectivity index (χ1n) is 6.51. The van der Waals surface area contributed by atoms with Crippen LogP contribution >= 0.6 is 0 Å². The Hall–Kier alpha value is -2.07. The quantitative estimate of drug-likeness (QED) is 0.931. The van der Waals surface area contributed by atoms with Gasteiger partial charge in [0.1, 0.15) is 17.3 Å². The van der Waals surface area contributed by atoms with E-state index in [9.17, 15) is 9.50 Å². The molecule has 3 nitrogen and oxygen atoms in total. The van der Waals surface area contributed by atoms with E-state index in [0.717, 1.165) is 11.3 Å². The van der Waals surface area contributed by atoms with E-state index in [-0.39, 0.29) is 18.3 Å². The van der Waals surface area contributed by atoms with E-state index < -0.39 is 0 Å². The normalized spacial score (nSPS) is 16.6. The molecule has 0 amide bonds. The summed E-state index contributed by atoms with van der Waals surface area (Å²) in [5, 5.41) is 9.22. The minimum absolute atomic E-state index is 0.155. The SMILES string of the molecule is OCc1cc(F)ccc1OCC1COc2ccccc21. The minimum Gasteiger partial charge on any atom is -0.493 e. The maximum atomic E-state index is 13.1. The molecular formula is C16H15FO3. The van der Waals surface area contributed by atoms with Gasteiger partial charge in [0.15, 0.2) is 0 Å². The second kappa shape index (κ2) is 5.51. The van der Waals surface area contributed by atoms with E-state index in [4.69, 9.17) is 9.47 Å². The molecule has 0 aromatic heterocycles. The summed E-state index contributed by atoms with van der Waals surface area (Å²) >= 11 is 0. The van der Waals surface area contributed by atoms with Crippen molar-refractivity contribution in [1.82, 2.24) is 0 Å². The zero-order valence-electron chi connectivity index (χ0n) is 10.9. The first-order chi connectivity index (χ1) is 9.78. The van der Waals surface area contributed by atoms with Gasteiger partial charge in [0.2, 0.25) is 0 Å². The zero-order valence-corrected chi connectivity index (χ0v) is 10.9. The molecule has 104 valence electrons. The monoisotopic (exact) mass is 274 g/mol. The molecule has 0 fully saturated rings. The van der Waals surface area contributed by atoms with E-state index >= 15 is 0 Å². The molecule has 20 heavy (non-hydrogen) atoms. The van der Waals surface area contributed by atoms with Crippen LogP contribution in [0, 0.1) is 5.82 Å². The van der Waals surface area contributed by atoms with Crippen LogP contribution in [0.2, 0.25) is 0 Å². The summed E-state index contributed by atoms with van der Waals surface area (Å²) in [4.78, 5) is 0. The maximum absolute atomic E-state index is 13.1. The highest BCUT2D eigenvalue weighted by atomic mass is 19.1. The molecule has 1 N–H and O–H groups in total. The molecule has 3 rings (SSSR count). The number of halogens is 1. The maximum Gasteiger partial charge on any atom is 0.125 e. The van der Waals surface area contributed by atoms with Crippen LogP contribution in [0.25, 0.3) is 0 Å². The molecule has 2 aromatic rings. The average molecular weight is 274 g/mol. The Kier molecular flexibility index (Phi) is 3.56. The highest BCUT2D eigenvalue weighted by molar-refractivity contribution is 5.40. The van der Waals surface area contributed by atoms with Crippen molar-refractivity contribution in [3.05, 3.63) is 59.4 Å². The van der Waals surface area contributed by atoms with E-state index in [1.807, 2.05) is 24.3 Å². The molecule has 0 spiro atoms. The van der Waals surface area contributed by atoms with Crippen LogP contribution < -0.4 is 9.47 Å². The molecule has 0 radical (unpaired) electrons. The first kappa shape index (κ1) is 12.9. The van der Waals surface area contributed by atoms with Gasteiger partial charge in [-0.1, -0.05) is 18.2 Å². The van der Waals surface area contributed by atoms with Crippen molar-refractivity contribution < 1.29 is 19.0 Å². The van der Waals surface area contributed by atoms with Crippen molar-refractivity contribution in [3.8, 4) is 11.5 Å². The molecule has 1 unspecified atom stereocenters. The second-order valence-corrected chi connectivity index (χ2v) is 4.77. The summed E-state index contributed by atoms with van der Waals surface area (Å²) in [6.45, 7) is 0.773. The molecule has 0 saturated heterocycles. The fraction of sp³-hybridized carbons (Fsp3) is 0.250. The molecule has 4 heteroatoms. The third kappa shape index (κ3) is 2.47. The summed E-state index contributed by atoms with van der Waals surface area (Å²) in [5.74, 6) is 1.18. The van der Waals surface area contributed by atoms with E-state index in [2.05, 4.69) is 0 Å². The van der Waals surface area contributed by atoms with E-state index in [1.54, 1.807) is 6.07 Å². The largest absolute Gasteiger partial charge is 0.493 e. The third-order valence-electron chi connectivity index (χ3n) is 3.43. The Bertz CT molecular complexity index is 612. The highest BCUT2D eigenvalue weighted by Crippen LogP contribution is 2.34. The van der Waals surface area contributed by atoms with Gasteiger partial charge in [0, 0.05) is 11.1 Å². The predicted molar refractivity (Wildman–Crippen MR) is 72.5 cm³/mol. The van der Waals surface area contributed by atoms with Gasteiger partial charge in [-0.3, -0.25) is 0 Å². The van der Waals surface area contributed by atoms with Crippen molar-refractivity contribution in [2.75, 3.05) is 13.2 Å². The summed E-state index contributed by atoms with van der Waals surface area (Å²) in [5.41, 5.74) is 1.58. The topological polar surface area (TPSA) is 38.7 Å². The lowest BCUT2D eigenvalue weighted by atomic mass is 10.0. The number of hydrogen-bond acceptors (Lipinski definition) is 3. The van der Waals surface area contributed by atoms with Gasteiger partial charge < -0.3 is 14.6 Å². The molecule has 1 aliphatic rings. The van der Waals surface area contributed by atoms with Crippen molar-refractivity contribution in [1.29, 1.82) is 0 Å². The Morgan fingerprint density at radius 3 is 2.95 bits per heavy atom. The van der Waals surface area contributed by atoms with Crippen LogP contribution in [0.3, 0.4) is 0 Å². The smallest absolute Gasteiger partial charge is 0.125 e. The molecule has 0 saturated carbocycles. The van der Waals surface area contributed by atoms with Gasteiger partial charge in [-0.15, -0.1) is 0 Å². The van der Waals surface area contributed by atoms with Gasteiger partial charge in [-0.2, -0.15) is 0 Å². The fourth-order valence-corrected chi connectivity index (χ4v) is 2.37. The number of rotatable bonds is 4. The first-order valence-corrected chi connectivity index (χ1v) is 6.51. The van der Waals surface area contributed by atoms with Crippen LogP contribution in [0.5, 0.6) is 11.5 Å². The molecule has 0 aliphatic carbocycles. The summed E-state index contributed by atoms with van der Waals surface area (Å²) in [6.07, 6.45) is 0. The number of hydrogen-bond donors (Lipinski definition) is 1. The van der Waals surface area contributed by atoms with Gasteiger partial charge >= 0.3 is 0 Å². The van der Waals surface area contributed by atoms with Crippen LogP contribution in [-0.2, 0) is 6.61 Å². The number of para-hydroxylation sites is 1. The third-order valence-corrected chi connectivity index (χ3v) is 3.43. The van der Waals surface area contributed by atoms with Crippen LogP contribution in [0.4, 0.5) is 4.39 Å². The predicted octanol–water partition coefficient (Wildman–Crippen LogP) is 2.87. The van der Waals surface area contributed by atoms with Gasteiger partial charge in [-0.25, -0.2) is 4.39 Å².